The van der Waals surface area contributed by atoms with Crippen LogP contribution >= 0.6 is 11.6 Å². The van der Waals surface area contributed by atoms with E-state index < -0.39 is 0 Å². The van der Waals surface area contributed by atoms with E-state index in [1.807, 2.05) is 0 Å². The van der Waals surface area contributed by atoms with Crippen LogP contribution in [0.1, 0.15) is 37.4 Å². The van der Waals surface area contributed by atoms with Gasteiger partial charge in [0.15, 0.2) is 0 Å². The lowest BCUT2D eigenvalue weighted by Gasteiger charge is -2.18. The summed E-state index contributed by atoms with van der Waals surface area (Å²) in [5.41, 5.74) is 2.80. The summed E-state index contributed by atoms with van der Waals surface area (Å²) in [6, 6.07) is 8.93. The van der Waals surface area contributed by atoms with Gasteiger partial charge in [-0.1, -0.05) is 38.1 Å². The molecule has 16 heavy (non-hydrogen) atoms. The molecule has 2 atom stereocenters. The molecule has 1 aromatic carbocycles. The van der Waals surface area contributed by atoms with Crippen molar-refractivity contribution in [3.05, 3.63) is 35.4 Å². The smallest absolute Gasteiger partial charge is 0.0571 e. The van der Waals surface area contributed by atoms with Crippen molar-refractivity contribution >= 4 is 11.6 Å². The third-order valence-electron chi connectivity index (χ3n) is 3.25. The van der Waals surface area contributed by atoms with E-state index in [4.69, 9.17) is 11.6 Å². The number of benzene rings is 1. The van der Waals surface area contributed by atoms with Crippen LogP contribution in [0, 0.1) is 5.92 Å². The number of halogens is 1. The van der Waals surface area contributed by atoms with E-state index in [0.29, 0.717) is 6.04 Å². The summed E-state index contributed by atoms with van der Waals surface area (Å²) in [5, 5.41) is 3.80. The number of alkyl halides is 1. The van der Waals surface area contributed by atoms with Gasteiger partial charge in [0.2, 0.25) is 0 Å². The monoisotopic (exact) mass is 237 g/mol. The summed E-state index contributed by atoms with van der Waals surface area (Å²) in [6.45, 7) is 5.56. The van der Waals surface area contributed by atoms with Crippen LogP contribution in [-0.4, -0.2) is 11.9 Å². The Labute approximate surface area is 103 Å². The Morgan fingerprint density at radius 3 is 2.88 bits per heavy atom. The SMILES string of the molecule is CC(C)CCNC1c2ccccc2CC1Cl. The average molecular weight is 238 g/mol. The molecule has 0 amide bonds. The highest BCUT2D eigenvalue weighted by Gasteiger charge is 2.29. The maximum absolute atomic E-state index is 6.40. The summed E-state index contributed by atoms with van der Waals surface area (Å²) in [5.74, 6) is 0.748. The largest absolute Gasteiger partial charge is 0.309 e. The van der Waals surface area contributed by atoms with Crippen LogP contribution in [0.4, 0.5) is 0 Å². The lowest BCUT2D eigenvalue weighted by Crippen LogP contribution is -2.27. The number of fused-ring (bicyclic) bond motifs is 1. The molecule has 0 radical (unpaired) electrons. The molecule has 0 spiro atoms. The zero-order valence-corrected chi connectivity index (χ0v) is 10.8. The van der Waals surface area contributed by atoms with E-state index in [1.54, 1.807) is 0 Å². The van der Waals surface area contributed by atoms with Crippen molar-refractivity contribution in [2.45, 2.75) is 38.1 Å². The summed E-state index contributed by atoms with van der Waals surface area (Å²) < 4.78 is 0. The Morgan fingerprint density at radius 2 is 2.12 bits per heavy atom. The molecule has 0 saturated heterocycles. The Hall–Kier alpha value is -0.530. The van der Waals surface area contributed by atoms with Crippen molar-refractivity contribution in [3.8, 4) is 0 Å². The van der Waals surface area contributed by atoms with Crippen molar-refractivity contribution in [1.29, 1.82) is 0 Å². The second kappa shape index (κ2) is 5.20. The van der Waals surface area contributed by atoms with E-state index in [1.165, 1.54) is 17.5 Å². The Kier molecular flexibility index (Phi) is 3.88. The average Bonchev–Trinajstić information content (AvgIpc) is 2.55. The highest BCUT2D eigenvalue weighted by molar-refractivity contribution is 6.21. The van der Waals surface area contributed by atoms with Gasteiger partial charge in [0.1, 0.15) is 0 Å². The number of nitrogens with one attached hydrogen (secondary N) is 1. The molecule has 1 aliphatic carbocycles. The molecule has 0 saturated carbocycles. The van der Waals surface area contributed by atoms with Gasteiger partial charge in [0, 0.05) is 6.04 Å². The highest BCUT2D eigenvalue weighted by atomic mass is 35.5. The van der Waals surface area contributed by atoms with Gasteiger partial charge >= 0.3 is 0 Å². The summed E-state index contributed by atoms with van der Waals surface area (Å²) in [7, 11) is 0. The molecule has 1 N–H and O–H groups in total. The minimum Gasteiger partial charge on any atom is -0.309 e. The Morgan fingerprint density at radius 1 is 1.38 bits per heavy atom. The lowest BCUT2D eigenvalue weighted by atomic mass is 10.1. The van der Waals surface area contributed by atoms with Crippen LogP contribution in [0.2, 0.25) is 0 Å². The van der Waals surface area contributed by atoms with Crippen molar-refractivity contribution in [2.24, 2.45) is 5.92 Å². The van der Waals surface area contributed by atoms with Gasteiger partial charge < -0.3 is 5.32 Å². The van der Waals surface area contributed by atoms with Gasteiger partial charge in [0.25, 0.3) is 0 Å². The zero-order chi connectivity index (χ0) is 11.5. The lowest BCUT2D eigenvalue weighted by molar-refractivity contribution is 0.479. The number of hydrogen-bond donors (Lipinski definition) is 1. The molecular formula is C14H20ClN. The molecule has 1 aromatic rings. The Balaban J connectivity index is 1.99. The quantitative estimate of drug-likeness (QED) is 0.791. The molecular weight excluding hydrogens is 218 g/mol. The van der Waals surface area contributed by atoms with Crippen molar-refractivity contribution < 1.29 is 0 Å². The second-order valence-corrected chi connectivity index (χ2v) is 5.59. The van der Waals surface area contributed by atoms with Crippen molar-refractivity contribution in [1.82, 2.24) is 5.32 Å². The first-order valence-electron chi connectivity index (χ1n) is 6.13. The van der Waals surface area contributed by atoms with E-state index in [-0.39, 0.29) is 5.38 Å². The fraction of sp³-hybridized carbons (Fsp3) is 0.571. The molecule has 2 rings (SSSR count). The topological polar surface area (TPSA) is 12.0 Å². The molecule has 2 unspecified atom stereocenters. The molecule has 0 heterocycles. The van der Waals surface area contributed by atoms with E-state index in [2.05, 4.69) is 43.4 Å². The van der Waals surface area contributed by atoms with Crippen LogP contribution in [0.5, 0.6) is 0 Å². The van der Waals surface area contributed by atoms with Gasteiger partial charge in [-0.05, 0) is 36.4 Å². The third kappa shape index (κ3) is 2.58. The molecule has 1 aliphatic rings. The number of rotatable bonds is 4. The minimum absolute atomic E-state index is 0.213. The summed E-state index contributed by atoms with van der Waals surface area (Å²) in [6.07, 6.45) is 2.21. The highest BCUT2D eigenvalue weighted by Crippen LogP contribution is 2.34. The van der Waals surface area contributed by atoms with E-state index in [9.17, 15) is 0 Å². The summed E-state index contributed by atoms with van der Waals surface area (Å²) in [4.78, 5) is 0. The van der Waals surface area contributed by atoms with Crippen molar-refractivity contribution in [2.75, 3.05) is 6.54 Å². The van der Waals surface area contributed by atoms with Gasteiger partial charge in [0.05, 0.1) is 5.38 Å². The summed E-state index contributed by atoms with van der Waals surface area (Å²) >= 11 is 6.40. The number of hydrogen-bond acceptors (Lipinski definition) is 1. The first kappa shape index (κ1) is 11.9. The van der Waals surface area contributed by atoms with Crippen molar-refractivity contribution in [3.63, 3.8) is 0 Å². The fourth-order valence-electron chi connectivity index (χ4n) is 2.31. The Bertz CT molecular complexity index is 348. The van der Waals surface area contributed by atoms with Gasteiger partial charge in [-0.2, -0.15) is 0 Å². The first-order valence-corrected chi connectivity index (χ1v) is 6.57. The van der Waals surface area contributed by atoms with Crippen LogP contribution in [0.15, 0.2) is 24.3 Å². The molecule has 0 aromatic heterocycles. The molecule has 1 nitrogen and oxygen atoms in total. The van der Waals surface area contributed by atoms with Crippen LogP contribution in [0.3, 0.4) is 0 Å². The van der Waals surface area contributed by atoms with E-state index in [0.717, 1.165) is 18.9 Å². The van der Waals surface area contributed by atoms with Crippen LogP contribution in [-0.2, 0) is 6.42 Å². The molecule has 88 valence electrons. The fourth-order valence-corrected chi connectivity index (χ4v) is 2.70. The van der Waals surface area contributed by atoms with Gasteiger partial charge in [-0.3, -0.25) is 0 Å². The van der Waals surface area contributed by atoms with Gasteiger partial charge in [-0.15, -0.1) is 11.6 Å². The van der Waals surface area contributed by atoms with E-state index >= 15 is 0 Å². The maximum atomic E-state index is 6.40. The molecule has 0 fully saturated rings. The first-order chi connectivity index (χ1) is 7.68. The molecule has 0 aliphatic heterocycles. The normalized spacial score (nSPS) is 23.8. The second-order valence-electron chi connectivity index (χ2n) is 5.03. The predicted molar refractivity (Wildman–Crippen MR) is 70.0 cm³/mol. The third-order valence-corrected chi connectivity index (χ3v) is 3.66. The van der Waals surface area contributed by atoms with Gasteiger partial charge in [-0.25, -0.2) is 0 Å². The molecule has 2 heteroatoms. The minimum atomic E-state index is 0.213. The maximum Gasteiger partial charge on any atom is 0.0571 e. The van der Waals surface area contributed by atoms with Crippen LogP contribution in [0.25, 0.3) is 0 Å². The predicted octanol–water partition coefficient (Wildman–Crippen LogP) is 3.53. The standard InChI is InChI=1S/C14H20ClN/c1-10(2)7-8-16-14-12-6-4-3-5-11(12)9-13(14)15/h3-6,10,13-14,16H,7-9H2,1-2H3. The molecule has 0 bridgehead atoms. The zero-order valence-electron chi connectivity index (χ0n) is 10.0. The van der Waals surface area contributed by atoms with Crippen LogP contribution < -0.4 is 5.32 Å².